The highest BCUT2D eigenvalue weighted by Gasteiger charge is 2.22. The van der Waals surface area contributed by atoms with Gasteiger partial charge in [0, 0.05) is 16.7 Å². The Labute approximate surface area is 394 Å². The van der Waals surface area contributed by atoms with Crippen LogP contribution < -0.4 is 0 Å². The first kappa shape index (κ1) is 40.0. The summed E-state index contributed by atoms with van der Waals surface area (Å²) in [6, 6.07) is 79.3. The van der Waals surface area contributed by atoms with E-state index in [0.717, 1.165) is 72.3 Å². The molecule has 11 aromatic rings. The summed E-state index contributed by atoms with van der Waals surface area (Å²) in [5.41, 5.74) is 19.2. The van der Waals surface area contributed by atoms with E-state index in [9.17, 15) is 5.26 Å². The Morgan fingerprint density at radius 1 is 0.338 bits per heavy atom. The van der Waals surface area contributed by atoms with Gasteiger partial charge < -0.3 is 0 Å². The van der Waals surface area contributed by atoms with Crippen molar-refractivity contribution in [1.29, 1.82) is 5.26 Å². The molecule has 1 heterocycles. The van der Waals surface area contributed by atoms with Gasteiger partial charge in [0.25, 0.3) is 0 Å². The fourth-order valence-corrected chi connectivity index (χ4v) is 9.62. The van der Waals surface area contributed by atoms with Crippen molar-refractivity contribution in [2.24, 2.45) is 0 Å². The minimum Gasteiger partial charge on any atom is -0.237 e. The molecule has 0 bridgehead atoms. The molecule has 12 rings (SSSR count). The Hall–Kier alpha value is -9.55. The SMILES string of the molecule is [C-]#[N+]c1cccc(-c2cccc(-c3cccc(-c4nc(-c5ccccc5)nc(-c5ccc(-c6ccc(C#N)cc6)cc5)n4)c3)c2)c1-c1cccc(-c2cc3c4c(cccc4c2)-c2ccccc2-3)c1. The van der Waals surface area contributed by atoms with Crippen LogP contribution in [0.1, 0.15) is 5.56 Å². The van der Waals surface area contributed by atoms with E-state index >= 15 is 0 Å². The molecule has 0 radical (unpaired) electrons. The second kappa shape index (κ2) is 16.8. The molecule has 0 fully saturated rings. The van der Waals surface area contributed by atoms with Gasteiger partial charge in [-0.3, -0.25) is 0 Å². The van der Waals surface area contributed by atoms with Gasteiger partial charge in [-0.15, -0.1) is 0 Å². The van der Waals surface area contributed by atoms with Crippen LogP contribution in [-0.4, -0.2) is 15.0 Å². The third-order valence-electron chi connectivity index (χ3n) is 12.9. The number of nitrogens with zero attached hydrogens (tertiary/aromatic N) is 5. The summed E-state index contributed by atoms with van der Waals surface area (Å²) in [5.74, 6) is 1.73. The molecule has 0 saturated carbocycles. The van der Waals surface area contributed by atoms with E-state index in [4.69, 9.17) is 21.5 Å². The van der Waals surface area contributed by atoms with Crippen LogP contribution in [0.25, 0.3) is 128 Å². The van der Waals surface area contributed by atoms with Crippen LogP contribution in [0.5, 0.6) is 0 Å². The van der Waals surface area contributed by atoms with E-state index in [-0.39, 0.29) is 0 Å². The van der Waals surface area contributed by atoms with Crippen LogP contribution in [0, 0.1) is 17.9 Å². The fraction of sp³-hybridized carbons (Fsp3) is 0. The van der Waals surface area contributed by atoms with Gasteiger partial charge in [-0.25, -0.2) is 19.8 Å². The third kappa shape index (κ3) is 7.18. The number of aromatic nitrogens is 3. The molecule has 1 aliphatic carbocycles. The average molecular weight is 864 g/mol. The molecule has 0 unspecified atom stereocenters. The molecule has 0 spiro atoms. The van der Waals surface area contributed by atoms with Crippen LogP contribution in [0.3, 0.4) is 0 Å². The summed E-state index contributed by atoms with van der Waals surface area (Å²) in [6.45, 7) is 8.31. The lowest BCUT2D eigenvalue weighted by molar-refractivity contribution is 1.07. The fourth-order valence-electron chi connectivity index (χ4n) is 9.62. The van der Waals surface area contributed by atoms with Crippen LogP contribution in [-0.2, 0) is 0 Å². The van der Waals surface area contributed by atoms with Gasteiger partial charge >= 0.3 is 0 Å². The van der Waals surface area contributed by atoms with Crippen molar-refractivity contribution in [2.75, 3.05) is 0 Å². The highest BCUT2D eigenvalue weighted by molar-refractivity contribution is 6.16. The normalized spacial score (nSPS) is 11.2. The first-order valence-corrected chi connectivity index (χ1v) is 22.5. The number of hydrogen-bond donors (Lipinski definition) is 0. The summed E-state index contributed by atoms with van der Waals surface area (Å²) in [4.78, 5) is 19.1. The highest BCUT2D eigenvalue weighted by Crippen LogP contribution is 2.49. The van der Waals surface area contributed by atoms with Gasteiger partial charge in [-0.05, 0) is 131 Å². The standard InChI is InChI=1S/C63H37N5/c1-65-58-25-11-23-53(60(58)50-18-8-16-47(35-50)52-37-49-19-10-24-56-54-21-5-6-22-55(54)57(38-52)59(49)56)48-17-7-14-45(34-48)46-15-9-20-51(36-46)63-67-61(43-12-3-2-4-13-43)66-62(68-63)44-32-30-42(31-33-44)41-28-26-40(39-64)27-29-41/h2-38H. The minimum atomic E-state index is 0.569. The molecule has 0 aliphatic heterocycles. The van der Waals surface area contributed by atoms with Gasteiger partial charge in [0.1, 0.15) is 0 Å². The molecule has 1 aromatic heterocycles. The lowest BCUT2D eigenvalue weighted by Gasteiger charge is -2.15. The Morgan fingerprint density at radius 3 is 1.50 bits per heavy atom. The number of rotatable bonds is 8. The predicted octanol–water partition coefficient (Wildman–Crippen LogP) is 16.4. The summed E-state index contributed by atoms with van der Waals surface area (Å²) >= 11 is 0. The van der Waals surface area contributed by atoms with Crippen molar-refractivity contribution < 1.29 is 0 Å². The second-order valence-corrected chi connectivity index (χ2v) is 17.0. The van der Waals surface area contributed by atoms with Gasteiger partial charge in [-0.1, -0.05) is 182 Å². The number of nitriles is 1. The molecular weight excluding hydrogens is 827 g/mol. The Balaban J connectivity index is 0.904. The van der Waals surface area contributed by atoms with Gasteiger partial charge in [0.2, 0.25) is 0 Å². The van der Waals surface area contributed by atoms with E-state index < -0.39 is 0 Å². The molecule has 1 aliphatic rings. The van der Waals surface area contributed by atoms with Gasteiger partial charge in [-0.2, -0.15) is 5.26 Å². The molecular formula is C63H37N5. The zero-order valence-electron chi connectivity index (χ0n) is 36.6. The van der Waals surface area contributed by atoms with Crippen LogP contribution >= 0.6 is 0 Å². The number of hydrogen-bond acceptors (Lipinski definition) is 4. The van der Waals surface area contributed by atoms with Crippen molar-refractivity contribution in [2.45, 2.75) is 0 Å². The highest BCUT2D eigenvalue weighted by atomic mass is 15.0. The summed E-state index contributed by atoms with van der Waals surface area (Å²) in [7, 11) is 0. The topological polar surface area (TPSA) is 66.8 Å². The molecule has 314 valence electrons. The molecule has 0 amide bonds. The smallest absolute Gasteiger partial charge is 0.195 e. The van der Waals surface area contributed by atoms with E-state index in [0.29, 0.717) is 28.7 Å². The lowest BCUT2D eigenvalue weighted by atomic mass is 9.89. The Bertz CT molecular complexity index is 3860. The van der Waals surface area contributed by atoms with Crippen molar-refractivity contribution >= 4 is 16.5 Å². The van der Waals surface area contributed by atoms with Crippen molar-refractivity contribution in [1.82, 2.24) is 15.0 Å². The van der Waals surface area contributed by atoms with Crippen LogP contribution in [0.4, 0.5) is 5.69 Å². The molecule has 0 N–H and O–H groups in total. The summed E-state index contributed by atoms with van der Waals surface area (Å²) < 4.78 is 0. The van der Waals surface area contributed by atoms with Crippen molar-refractivity contribution in [3.63, 3.8) is 0 Å². The van der Waals surface area contributed by atoms with Crippen LogP contribution in [0.15, 0.2) is 224 Å². The van der Waals surface area contributed by atoms with E-state index in [1.165, 1.54) is 33.0 Å². The molecule has 5 nitrogen and oxygen atoms in total. The zero-order valence-corrected chi connectivity index (χ0v) is 36.6. The molecule has 68 heavy (non-hydrogen) atoms. The predicted molar refractivity (Wildman–Crippen MR) is 276 cm³/mol. The van der Waals surface area contributed by atoms with Crippen molar-refractivity contribution in [3.05, 3.63) is 241 Å². The largest absolute Gasteiger partial charge is 0.237 e. The van der Waals surface area contributed by atoms with Crippen LogP contribution in [0.2, 0.25) is 0 Å². The maximum atomic E-state index is 9.27. The molecule has 5 heteroatoms. The Kier molecular flexibility index (Phi) is 9.87. The zero-order chi connectivity index (χ0) is 45.6. The monoisotopic (exact) mass is 863 g/mol. The Morgan fingerprint density at radius 2 is 0.809 bits per heavy atom. The maximum Gasteiger partial charge on any atom is 0.195 e. The third-order valence-corrected chi connectivity index (χ3v) is 12.9. The lowest BCUT2D eigenvalue weighted by Crippen LogP contribution is -2.00. The minimum absolute atomic E-state index is 0.569. The summed E-state index contributed by atoms with van der Waals surface area (Å²) in [6.07, 6.45) is 0. The van der Waals surface area contributed by atoms with E-state index in [1.807, 2.05) is 91.0 Å². The average Bonchev–Trinajstić information content (AvgIpc) is 3.75. The van der Waals surface area contributed by atoms with Gasteiger partial charge in [0.05, 0.1) is 18.2 Å². The number of fused-ring (bicyclic) bond motifs is 3. The quantitative estimate of drug-likeness (QED) is 0.143. The molecule has 0 atom stereocenters. The second-order valence-electron chi connectivity index (χ2n) is 17.0. The first-order valence-electron chi connectivity index (χ1n) is 22.5. The first-order chi connectivity index (χ1) is 33.6. The van der Waals surface area contributed by atoms with Gasteiger partial charge in [0.15, 0.2) is 23.2 Å². The molecule has 10 aromatic carbocycles. The summed E-state index contributed by atoms with van der Waals surface area (Å²) in [5, 5.41) is 11.8. The molecule has 0 saturated heterocycles. The maximum absolute atomic E-state index is 9.27. The number of benzene rings is 10. The van der Waals surface area contributed by atoms with E-state index in [2.05, 4.69) is 144 Å². The van der Waals surface area contributed by atoms with Crippen molar-refractivity contribution in [3.8, 4) is 118 Å². The van der Waals surface area contributed by atoms with E-state index in [1.54, 1.807) is 0 Å².